The Kier molecular flexibility index (Phi) is 8.30. The Morgan fingerprint density at radius 3 is 1.44 bits per heavy atom. The van der Waals surface area contributed by atoms with E-state index in [1.54, 1.807) is 0 Å². The van der Waals surface area contributed by atoms with Crippen molar-refractivity contribution < 1.29 is 0 Å². The maximum absolute atomic E-state index is 9.75. The molecule has 4 heterocycles. The van der Waals surface area contributed by atoms with Crippen LogP contribution in [0.3, 0.4) is 0 Å². The molecule has 0 radical (unpaired) electrons. The Hall–Kier alpha value is -8.72. The van der Waals surface area contributed by atoms with Gasteiger partial charge in [0.25, 0.3) is 0 Å². The Balaban J connectivity index is 0.993. The average Bonchev–Trinajstić information content (AvgIpc) is 4.13. The van der Waals surface area contributed by atoms with Gasteiger partial charge in [-0.2, -0.15) is 10.5 Å². The molecule has 14 rings (SSSR count). The van der Waals surface area contributed by atoms with Crippen molar-refractivity contribution in [2.24, 2.45) is 0 Å². The van der Waals surface area contributed by atoms with E-state index in [4.69, 9.17) is 0 Å². The zero-order valence-corrected chi connectivity index (χ0v) is 38.2. The van der Waals surface area contributed by atoms with Crippen molar-refractivity contribution in [3.8, 4) is 12.1 Å². The van der Waals surface area contributed by atoms with Crippen LogP contribution >= 0.6 is 22.7 Å². The number of nitrogens with zero attached hydrogens (tertiary/aromatic N) is 5. The lowest BCUT2D eigenvalue weighted by molar-refractivity contribution is 1.28. The number of aromatic nitrogens is 1. The zero-order chi connectivity index (χ0) is 45.2. The average molecular weight is 902 g/mol. The molecule has 4 aromatic heterocycles. The number of anilines is 6. The summed E-state index contributed by atoms with van der Waals surface area (Å²) >= 11 is 3.63. The summed E-state index contributed by atoms with van der Waals surface area (Å²) < 4.78 is 7.49. The highest BCUT2D eigenvalue weighted by molar-refractivity contribution is 7.26. The largest absolute Gasteiger partial charge is 0.310 e. The van der Waals surface area contributed by atoms with Crippen molar-refractivity contribution in [2.75, 3.05) is 9.80 Å². The topological polar surface area (TPSA) is 58.5 Å². The fourth-order valence-corrected chi connectivity index (χ4v) is 13.0. The van der Waals surface area contributed by atoms with Crippen molar-refractivity contribution >= 4 is 146 Å². The first-order valence-corrected chi connectivity index (χ1v) is 24.2. The normalized spacial score (nSPS) is 11.9. The molecule has 0 aliphatic rings. The number of aryl methyl sites for hydroxylation is 1. The highest BCUT2D eigenvalue weighted by Crippen LogP contribution is 2.48. The van der Waals surface area contributed by atoms with Crippen LogP contribution in [-0.4, -0.2) is 4.40 Å². The zero-order valence-electron chi connectivity index (χ0n) is 36.5. The van der Waals surface area contributed by atoms with Gasteiger partial charge in [0, 0.05) is 96.0 Å². The van der Waals surface area contributed by atoms with Crippen LogP contribution in [0.2, 0.25) is 0 Å². The summed E-state index contributed by atoms with van der Waals surface area (Å²) in [5.74, 6) is 0. The van der Waals surface area contributed by atoms with Crippen molar-refractivity contribution in [1.29, 1.82) is 10.5 Å². The SMILES string of the molecule is Cc1ccc2c3c4cc(N(c5ccc(C#N)cc5)c5ccc6c(c5)sc5ccccc56)ccc4cc4c5ccc(N(c6ccc(C#N)cc6)c6ccc7c(c6)sc6ccccc67)cc5n(c2c1)c43. The van der Waals surface area contributed by atoms with Crippen LogP contribution in [0, 0.1) is 29.6 Å². The molecule has 0 amide bonds. The van der Waals surface area contributed by atoms with Gasteiger partial charge in [-0.15, -0.1) is 22.7 Å². The first-order chi connectivity index (χ1) is 33.5. The molecule has 316 valence electrons. The summed E-state index contributed by atoms with van der Waals surface area (Å²) in [4.78, 5) is 4.64. The Morgan fingerprint density at radius 2 is 0.853 bits per heavy atom. The predicted molar refractivity (Wildman–Crippen MR) is 288 cm³/mol. The minimum atomic E-state index is 0.627. The van der Waals surface area contributed by atoms with E-state index in [1.807, 2.05) is 59.1 Å². The predicted octanol–water partition coefficient (Wildman–Crippen LogP) is 17.7. The van der Waals surface area contributed by atoms with Crippen molar-refractivity contribution in [3.63, 3.8) is 0 Å². The van der Waals surface area contributed by atoms with Gasteiger partial charge < -0.3 is 14.2 Å². The molecule has 0 bridgehead atoms. The summed E-state index contributed by atoms with van der Waals surface area (Å²) in [6.45, 7) is 2.17. The number of hydrogen-bond acceptors (Lipinski definition) is 6. The molecule has 0 saturated heterocycles. The molecule has 14 aromatic rings. The van der Waals surface area contributed by atoms with Gasteiger partial charge in [0.1, 0.15) is 0 Å². The molecule has 0 aliphatic heterocycles. The van der Waals surface area contributed by atoms with E-state index in [9.17, 15) is 10.5 Å². The van der Waals surface area contributed by atoms with Crippen LogP contribution in [-0.2, 0) is 0 Å². The van der Waals surface area contributed by atoms with Gasteiger partial charge in [-0.3, -0.25) is 0 Å². The Morgan fingerprint density at radius 1 is 0.382 bits per heavy atom. The highest BCUT2D eigenvalue weighted by Gasteiger charge is 2.24. The summed E-state index contributed by atoms with van der Waals surface area (Å²) in [6, 6.07) is 74.2. The van der Waals surface area contributed by atoms with E-state index in [0.29, 0.717) is 11.1 Å². The number of rotatable bonds is 6. The molecule has 0 unspecified atom stereocenters. The monoisotopic (exact) mass is 901 g/mol. The third kappa shape index (κ3) is 5.71. The van der Waals surface area contributed by atoms with E-state index in [2.05, 4.69) is 191 Å². The van der Waals surface area contributed by atoms with Gasteiger partial charge >= 0.3 is 0 Å². The second kappa shape index (κ2) is 14.6. The minimum absolute atomic E-state index is 0.627. The first kappa shape index (κ1) is 38.5. The van der Waals surface area contributed by atoms with Gasteiger partial charge in [0.2, 0.25) is 0 Å². The van der Waals surface area contributed by atoms with E-state index >= 15 is 0 Å². The molecule has 0 fully saturated rings. The lowest BCUT2D eigenvalue weighted by atomic mass is 9.98. The lowest BCUT2D eigenvalue weighted by Gasteiger charge is -2.26. The smallest absolute Gasteiger partial charge is 0.0991 e. The minimum Gasteiger partial charge on any atom is -0.310 e. The summed E-state index contributed by atoms with van der Waals surface area (Å²) in [5, 5.41) is 31.7. The van der Waals surface area contributed by atoms with Gasteiger partial charge in [-0.1, -0.05) is 72.8 Å². The molecular weight excluding hydrogens is 867 g/mol. The molecule has 5 nitrogen and oxygen atoms in total. The van der Waals surface area contributed by atoms with Crippen molar-refractivity contribution in [2.45, 2.75) is 6.92 Å². The molecule has 7 heteroatoms. The third-order valence-corrected chi connectivity index (χ3v) is 16.0. The lowest BCUT2D eigenvalue weighted by Crippen LogP contribution is -2.10. The van der Waals surface area contributed by atoms with E-state index in [1.165, 1.54) is 89.3 Å². The van der Waals surface area contributed by atoms with E-state index < -0.39 is 0 Å². The molecule has 68 heavy (non-hydrogen) atoms. The summed E-state index contributed by atoms with van der Waals surface area (Å²) in [6.07, 6.45) is 0. The van der Waals surface area contributed by atoms with Crippen LogP contribution in [0.1, 0.15) is 16.7 Å². The quantitative estimate of drug-likeness (QED) is 0.167. The van der Waals surface area contributed by atoms with Gasteiger partial charge in [-0.25, -0.2) is 0 Å². The highest BCUT2D eigenvalue weighted by atomic mass is 32.1. The van der Waals surface area contributed by atoms with Gasteiger partial charge in [0.05, 0.1) is 39.8 Å². The van der Waals surface area contributed by atoms with Gasteiger partial charge in [0.15, 0.2) is 0 Å². The number of hydrogen-bond donors (Lipinski definition) is 0. The second-order valence-corrected chi connectivity index (χ2v) is 19.8. The molecule has 0 aliphatic carbocycles. The Bertz CT molecular complexity index is 4490. The Labute approximate surface area is 398 Å². The van der Waals surface area contributed by atoms with Crippen LogP contribution in [0.4, 0.5) is 34.1 Å². The van der Waals surface area contributed by atoms with Gasteiger partial charge in [-0.05, 0) is 145 Å². The van der Waals surface area contributed by atoms with Crippen LogP contribution in [0.25, 0.3) is 89.2 Å². The van der Waals surface area contributed by atoms with Crippen molar-refractivity contribution in [1.82, 2.24) is 4.40 Å². The fraction of sp³-hybridized carbons (Fsp3) is 0.0164. The van der Waals surface area contributed by atoms with Crippen LogP contribution in [0.5, 0.6) is 0 Å². The molecular formula is C61H35N5S2. The van der Waals surface area contributed by atoms with Crippen LogP contribution < -0.4 is 9.80 Å². The summed E-state index contributed by atoms with van der Waals surface area (Å²) in [5.41, 5.74) is 12.1. The third-order valence-electron chi connectivity index (χ3n) is 13.8. The molecule has 0 atom stereocenters. The van der Waals surface area contributed by atoms with E-state index in [0.717, 1.165) is 39.6 Å². The first-order valence-electron chi connectivity index (χ1n) is 22.6. The number of benzene rings is 10. The number of nitriles is 2. The molecule has 0 spiro atoms. The van der Waals surface area contributed by atoms with E-state index in [-0.39, 0.29) is 0 Å². The van der Waals surface area contributed by atoms with Crippen LogP contribution in [0.15, 0.2) is 194 Å². The maximum atomic E-state index is 9.75. The molecule has 0 saturated carbocycles. The number of thiophene rings is 2. The van der Waals surface area contributed by atoms with Crippen molar-refractivity contribution in [3.05, 3.63) is 211 Å². The maximum Gasteiger partial charge on any atom is 0.0991 e. The summed E-state index contributed by atoms with van der Waals surface area (Å²) in [7, 11) is 0. The fourth-order valence-electron chi connectivity index (χ4n) is 10.7. The molecule has 0 N–H and O–H groups in total. The number of fused-ring (bicyclic) bond motifs is 14. The standard InChI is InChI=1S/C61H35N5S2/c1-36-10-24-51-54(28-36)66-55-31-43(65(41-18-13-38(35-63)14-19-41)45-23-27-50-48-7-3-5-9-57(48)68-59(50)33-45)21-25-46(55)53-29-39-15-20-42(30-52(39)60(51)61(53)66)64(40-16-11-37(34-62)12-17-40)44-22-26-49-47-6-2-4-8-56(47)67-58(49)32-44/h2-33H,1H3. The molecule has 10 aromatic carbocycles. The second-order valence-electron chi connectivity index (χ2n) is 17.7.